The summed E-state index contributed by atoms with van der Waals surface area (Å²) in [6, 6.07) is 0. The van der Waals surface area contributed by atoms with Crippen molar-refractivity contribution in [3.8, 4) is 0 Å². The quantitative estimate of drug-likeness (QED) is 0.264. The largest absolute Gasteiger partial charge is 0.0648 e. The molecule has 312 valence electrons. The SMILES string of the molecule is CCC1(C)C(C)(C)C2(C)C3C(C)C(CC(C)C)C(CC(C)(C)C)C(C)C3C(C)(C)C(C)(C)C2(C)C(C)(C)C1(C)C1(C)C(C)(C)C(C)(C(C)(C)C)C1(C)C. The summed E-state index contributed by atoms with van der Waals surface area (Å²) in [6.45, 7) is 78.8. The van der Waals surface area contributed by atoms with E-state index in [0.717, 1.165) is 17.8 Å². The van der Waals surface area contributed by atoms with Gasteiger partial charge in [0.05, 0.1) is 0 Å². The second kappa shape index (κ2) is 11.6. The van der Waals surface area contributed by atoms with Crippen LogP contribution < -0.4 is 0 Å². The van der Waals surface area contributed by atoms with Crippen LogP contribution in [0, 0.1) is 117 Å². The van der Waals surface area contributed by atoms with Gasteiger partial charge in [-0.1, -0.05) is 201 Å². The third kappa shape index (κ3) is 4.29. The standard InChI is InChI=1S/C53H100/c1-30-48(24)44(16,17)49(25)39-34(4)36(31-33(2)3)37(32-40(6,7)8)35(5)38(39)42(12,13)43(14,15)51(49,27)47(22,23)53(48,29)52(28)45(18,19)50(26,41(9,10)11)46(52,20)21/h33-39H,30-32H2,1-29H3. The molecule has 0 N–H and O–H groups in total. The Labute approximate surface area is 336 Å². The summed E-state index contributed by atoms with van der Waals surface area (Å²) >= 11 is 0. The van der Waals surface area contributed by atoms with Crippen LogP contribution in [0.2, 0.25) is 0 Å². The fourth-order valence-corrected chi connectivity index (χ4v) is 20.4. The summed E-state index contributed by atoms with van der Waals surface area (Å²) in [5.41, 5.74) is 1.60. The average Bonchev–Trinajstić information content (AvgIpc) is 2.97. The van der Waals surface area contributed by atoms with Gasteiger partial charge in [0.1, 0.15) is 0 Å². The molecule has 0 heteroatoms. The number of rotatable bonds is 5. The number of fused-ring (bicyclic) bond motifs is 3. The number of hydrogen-bond donors (Lipinski definition) is 0. The minimum atomic E-state index is 0.0159. The molecular formula is C53H100. The van der Waals surface area contributed by atoms with Gasteiger partial charge < -0.3 is 0 Å². The Balaban J connectivity index is 2.23. The first-order chi connectivity index (χ1) is 23.0. The van der Waals surface area contributed by atoms with E-state index in [1.54, 1.807) is 0 Å². The van der Waals surface area contributed by atoms with E-state index in [4.69, 9.17) is 0 Å². The van der Waals surface area contributed by atoms with E-state index in [2.05, 4.69) is 201 Å². The van der Waals surface area contributed by atoms with Crippen molar-refractivity contribution in [3.63, 3.8) is 0 Å². The number of hydrogen-bond acceptors (Lipinski definition) is 0. The molecule has 0 amide bonds. The fraction of sp³-hybridized carbons (Fsp3) is 1.00. The van der Waals surface area contributed by atoms with Gasteiger partial charge in [-0.05, 0) is 136 Å². The lowest BCUT2D eigenvalue weighted by atomic mass is 9.09. The topological polar surface area (TPSA) is 0 Å². The molecule has 0 heterocycles. The molecule has 4 aliphatic rings. The van der Waals surface area contributed by atoms with Gasteiger partial charge in [0.25, 0.3) is 0 Å². The van der Waals surface area contributed by atoms with Crippen molar-refractivity contribution in [1.82, 2.24) is 0 Å². The van der Waals surface area contributed by atoms with Crippen molar-refractivity contribution < 1.29 is 0 Å². The first-order valence-corrected chi connectivity index (χ1v) is 23.0. The Morgan fingerprint density at radius 3 is 1.26 bits per heavy atom. The van der Waals surface area contributed by atoms with Crippen molar-refractivity contribution >= 4 is 0 Å². The maximum Gasteiger partial charge on any atom is -0.0145 e. The summed E-state index contributed by atoms with van der Waals surface area (Å²) in [6.07, 6.45) is 3.93. The van der Waals surface area contributed by atoms with E-state index in [1.807, 2.05) is 0 Å². The molecule has 0 bridgehead atoms. The second-order valence-electron chi connectivity index (χ2n) is 28.0. The van der Waals surface area contributed by atoms with Crippen molar-refractivity contribution in [3.05, 3.63) is 0 Å². The first kappa shape index (κ1) is 45.7. The van der Waals surface area contributed by atoms with Crippen LogP contribution in [0.1, 0.15) is 220 Å². The minimum absolute atomic E-state index is 0.0159. The molecule has 4 aliphatic carbocycles. The van der Waals surface area contributed by atoms with Crippen LogP contribution in [-0.4, -0.2) is 0 Å². The summed E-state index contributed by atoms with van der Waals surface area (Å²) in [7, 11) is 0. The van der Waals surface area contributed by atoms with Crippen LogP contribution in [-0.2, 0) is 0 Å². The Morgan fingerprint density at radius 1 is 0.491 bits per heavy atom. The molecule has 0 nitrogen and oxygen atoms in total. The predicted molar refractivity (Wildman–Crippen MR) is 237 cm³/mol. The molecule has 10 unspecified atom stereocenters. The molecule has 0 spiro atoms. The molecule has 0 radical (unpaired) electrons. The van der Waals surface area contributed by atoms with Gasteiger partial charge in [-0.2, -0.15) is 0 Å². The molecule has 10 atom stereocenters. The third-order valence-electron chi connectivity index (χ3n) is 24.9. The van der Waals surface area contributed by atoms with Gasteiger partial charge in [0, 0.05) is 0 Å². The van der Waals surface area contributed by atoms with E-state index in [9.17, 15) is 0 Å². The lowest BCUT2D eigenvalue weighted by molar-refractivity contribution is -0.479. The Bertz CT molecular complexity index is 1390. The first-order valence-electron chi connectivity index (χ1n) is 23.0. The maximum absolute atomic E-state index is 2.93. The minimum Gasteiger partial charge on any atom is -0.0648 e. The molecule has 4 saturated carbocycles. The maximum atomic E-state index is 2.93. The fourth-order valence-electron chi connectivity index (χ4n) is 20.4. The van der Waals surface area contributed by atoms with Gasteiger partial charge in [0.2, 0.25) is 0 Å². The van der Waals surface area contributed by atoms with Crippen LogP contribution in [0.25, 0.3) is 0 Å². The van der Waals surface area contributed by atoms with Crippen LogP contribution in [0.4, 0.5) is 0 Å². The van der Waals surface area contributed by atoms with E-state index in [1.165, 1.54) is 19.3 Å². The second-order valence-corrected chi connectivity index (χ2v) is 28.0. The Hall–Kier alpha value is 0. The average molecular weight is 737 g/mol. The van der Waals surface area contributed by atoms with Gasteiger partial charge >= 0.3 is 0 Å². The van der Waals surface area contributed by atoms with Crippen LogP contribution in [0.3, 0.4) is 0 Å². The highest BCUT2D eigenvalue weighted by Gasteiger charge is 2.93. The monoisotopic (exact) mass is 737 g/mol. The zero-order valence-electron chi connectivity index (χ0n) is 42.2. The summed E-state index contributed by atoms with van der Waals surface area (Å²) in [5, 5.41) is 0. The van der Waals surface area contributed by atoms with Crippen LogP contribution in [0.5, 0.6) is 0 Å². The smallest absolute Gasteiger partial charge is 0.0145 e. The molecule has 53 heavy (non-hydrogen) atoms. The van der Waals surface area contributed by atoms with Crippen molar-refractivity contribution in [1.29, 1.82) is 0 Å². The molecule has 4 rings (SSSR count). The van der Waals surface area contributed by atoms with Gasteiger partial charge in [-0.15, -0.1) is 0 Å². The Kier molecular flexibility index (Phi) is 10.00. The van der Waals surface area contributed by atoms with Crippen molar-refractivity contribution in [2.24, 2.45) is 117 Å². The lowest BCUT2D eigenvalue weighted by Gasteiger charge is -2.95. The van der Waals surface area contributed by atoms with Gasteiger partial charge in [0.15, 0.2) is 0 Å². The summed E-state index contributed by atoms with van der Waals surface area (Å²) in [5.74, 6) is 4.97. The summed E-state index contributed by atoms with van der Waals surface area (Å²) < 4.78 is 0. The molecule has 0 aromatic heterocycles. The van der Waals surface area contributed by atoms with E-state index in [-0.39, 0.29) is 70.4 Å². The van der Waals surface area contributed by atoms with Gasteiger partial charge in [-0.3, -0.25) is 0 Å². The third-order valence-corrected chi connectivity index (χ3v) is 24.9. The highest BCUT2D eigenvalue weighted by molar-refractivity contribution is 5.39. The van der Waals surface area contributed by atoms with Crippen molar-refractivity contribution in [2.45, 2.75) is 220 Å². The van der Waals surface area contributed by atoms with E-state index < -0.39 is 0 Å². The van der Waals surface area contributed by atoms with Gasteiger partial charge in [-0.25, -0.2) is 0 Å². The zero-order chi connectivity index (χ0) is 42.2. The highest BCUT2D eigenvalue weighted by Crippen LogP contribution is 2.97. The van der Waals surface area contributed by atoms with E-state index >= 15 is 0 Å². The van der Waals surface area contributed by atoms with Crippen LogP contribution >= 0.6 is 0 Å². The van der Waals surface area contributed by atoms with Crippen molar-refractivity contribution in [2.75, 3.05) is 0 Å². The molecular weight excluding hydrogens is 637 g/mol. The zero-order valence-corrected chi connectivity index (χ0v) is 42.2. The Morgan fingerprint density at radius 2 is 0.906 bits per heavy atom. The van der Waals surface area contributed by atoms with E-state index in [0.29, 0.717) is 29.1 Å². The molecule has 4 fully saturated rings. The molecule has 0 aliphatic heterocycles. The molecule has 0 aromatic rings. The highest BCUT2D eigenvalue weighted by atomic mass is 15.0. The normalized spacial score (nSPS) is 49.5. The van der Waals surface area contributed by atoms with Crippen LogP contribution in [0.15, 0.2) is 0 Å². The predicted octanol–water partition coefficient (Wildman–Crippen LogP) is 16.9. The summed E-state index contributed by atoms with van der Waals surface area (Å²) in [4.78, 5) is 0. The molecule has 0 aromatic carbocycles. The molecule has 0 saturated heterocycles. The lowest BCUT2D eigenvalue weighted by Crippen LogP contribution is -2.90.